The second-order valence-corrected chi connectivity index (χ2v) is 4.63. The standard InChI is InChI=1S/C13H12N2O2S/c1-9-8-18-13(14-9)15(10(2)16)12(17)11-6-4-3-5-7-11/h3-8H,1-2H3. The number of nitrogens with zero attached hydrogens (tertiary/aromatic N) is 2. The van der Waals surface area contributed by atoms with Crippen LogP contribution in [0.3, 0.4) is 0 Å². The zero-order chi connectivity index (χ0) is 13.1. The van der Waals surface area contributed by atoms with E-state index in [4.69, 9.17) is 0 Å². The van der Waals surface area contributed by atoms with E-state index in [1.165, 1.54) is 18.3 Å². The fourth-order valence-corrected chi connectivity index (χ4v) is 2.36. The summed E-state index contributed by atoms with van der Waals surface area (Å²) in [6.07, 6.45) is 0. The summed E-state index contributed by atoms with van der Waals surface area (Å²) in [7, 11) is 0. The van der Waals surface area contributed by atoms with Crippen LogP contribution in [0.1, 0.15) is 23.0 Å². The lowest BCUT2D eigenvalue weighted by molar-refractivity contribution is -0.115. The monoisotopic (exact) mass is 260 g/mol. The summed E-state index contributed by atoms with van der Waals surface area (Å²) in [5, 5.41) is 2.22. The molecule has 0 unspecified atom stereocenters. The molecule has 2 aromatic rings. The highest BCUT2D eigenvalue weighted by molar-refractivity contribution is 7.14. The number of carbonyl (C=O) groups is 2. The number of imide groups is 1. The number of anilines is 1. The minimum atomic E-state index is -0.350. The normalized spacial score (nSPS) is 10.1. The zero-order valence-electron chi connectivity index (χ0n) is 10.1. The van der Waals surface area contributed by atoms with Gasteiger partial charge in [0.2, 0.25) is 5.91 Å². The van der Waals surface area contributed by atoms with Gasteiger partial charge in [-0.25, -0.2) is 9.88 Å². The van der Waals surface area contributed by atoms with E-state index in [-0.39, 0.29) is 11.8 Å². The van der Waals surface area contributed by atoms with Gasteiger partial charge >= 0.3 is 0 Å². The Morgan fingerprint density at radius 1 is 1.22 bits per heavy atom. The van der Waals surface area contributed by atoms with Gasteiger partial charge in [-0.1, -0.05) is 18.2 Å². The Hall–Kier alpha value is -2.01. The first-order chi connectivity index (χ1) is 8.59. The van der Waals surface area contributed by atoms with Crippen LogP contribution in [-0.2, 0) is 4.79 Å². The first kappa shape index (κ1) is 12.4. The molecular formula is C13H12N2O2S. The number of amides is 2. The van der Waals surface area contributed by atoms with Gasteiger partial charge in [0.05, 0.1) is 5.69 Å². The number of aryl methyl sites for hydroxylation is 1. The third kappa shape index (κ3) is 2.46. The molecule has 0 aliphatic carbocycles. The van der Waals surface area contributed by atoms with E-state index in [0.29, 0.717) is 10.7 Å². The van der Waals surface area contributed by atoms with Gasteiger partial charge in [0.25, 0.3) is 5.91 Å². The van der Waals surface area contributed by atoms with Gasteiger partial charge in [0.1, 0.15) is 0 Å². The van der Waals surface area contributed by atoms with E-state index in [1.807, 2.05) is 18.4 Å². The van der Waals surface area contributed by atoms with E-state index in [0.717, 1.165) is 10.6 Å². The molecule has 2 amide bonds. The Bertz CT molecular complexity index is 578. The van der Waals surface area contributed by atoms with Gasteiger partial charge < -0.3 is 0 Å². The van der Waals surface area contributed by atoms with Gasteiger partial charge in [-0.3, -0.25) is 9.59 Å². The summed E-state index contributed by atoms with van der Waals surface area (Å²) in [5.41, 5.74) is 1.27. The molecule has 4 nitrogen and oxygen atoms in total. The molecule has 0 aliphatic heterocycles. The quantitative estimate of drug-likeness (QED) is 0.834. The molecule has 1 heterocycles. The summed E-state index contributed by atoms with van der Waals surface area (Å²) in [6.45, 7) is 3.18. The number of hydrogen-bond acceptors (Lipinski definition) is 4. The number of aromatic nitrogens is 1. The molecule has 0 bridgehead atoms. The van der Waals surface area contributed by atoms with Crippen molar-refractivity contribution >= 4 is 28.3 Å². The predicted molar refractivity (Wildman–Crippen MR) is 70.8 cm³/mol. The smallest absolute Gasteiger partial charge is 0.266 e. The lowest BCUT2D eigenvalue weighted by Crippen LogP contribution is -2.35. The minimum absolute atomic E-state index is 0.335. The number of rotatable bonds is 2. The molecule has 5 heteroatoms. The van der Waals surface area contributed by atoms with E-state index < -0.39 is 0 Å². The van der Waals surface area contributed by atoms with Gasteiger partial charge in [0.15, 0.2) is 5.13 Å². The summed E-state index contributed by atoms with van der Waals surface area (Å²) < 4.78 is 0. The fourth-order valence-electron chi connectivity index (χ4n) is 1.52. The lowest BCUT2D eigenvalue weighted by Gasteiger charge is -2.15. The molecule has 0 N–H and O–H groups in total. The predicted octanol–water partition coefficient (Wildman–Crippen LogP) is 2.64. The summed E-state index contributed by atoms with van der Waals surface area (Å²) in [5.74, 6) is -0.685. The van der Waals surface area contributed by atoms with Crippen LogP contribution in [0, 0.1) is 6.92 Å². The first-order valence-electron chi connectivity index (χ1n) is 5.42. The van der Waals surface area contributed by atoms with E-state index in [9.17, 15) is 9.59 Å². The molecule has 1 aromatic carbocycles. The minimum Gasteiger partial charge on any atom is -0.274 e. The third-order valence-corrected chi connectivity index (χ3v) is 3.28. The average Bonchev–Trinajstić information content (AvgIpc) is 2.76. The average molecular weight is 260 g/mol. The van der Waals surface area contributed by atoms with E-state index >= 15 is 0 Å². The van der Waals surface area contributed by atoms with Crippen molar-refractivity contribution in [1.29, 1.82) is 0 Å². The topological polar surface area (TPSA) is 50.3 Å². The van der Waals surface area contributed by atoms with Gasteiger partial charge in [0, 0.05) is 17.9 Å². The molecule has 0 radical (unpaired) electrons. The first-order valence-corrected chi connectivity index (χ1v) is 6.30. The van der Waals surface area contributed by atoms with Crippen molar-refractivity contribution in [2.45, 2.75) is 13.8 Å². The summed E-state index contributed by atoms with van der Waals surface area (Å²) >= 11 is 1.28. The maximum absolute atomic E-state index is 12.3. The molecule has 0 saturated carbocycles. The SMILES string of the molecule is CC(=O)N(C(=O)c1ccccc1)c1nc(C)cs1. The number of benzene rings is 1. The van der Waals surface area contributed by atoms with Crippen molar-refractivity contribution in [2.75, 3.05) is 4.90 Å². The Morgan fingerprint density at radius 2 is 1.89 bits per heavy atom. The summed E-state index contributed by atoms with van der Waals surface area (Å²) in [4.78, 5) is 29.2. The van der Waals surface area contributed by atoms with Crippen LogP contribution in [0.2, 0.25) is 0 Å². The van der Waals surface area contributed by atoms with Crippen LogP contribution in [0.15, 0.2) is 35.7 Å². The molecule has 0 spiro atoms. The molecule has 0 aliphatic rings. The van der Waals surface area contributed by atoms with E-state index in [2.05, 4.69) is 4.98 Å². The number of carbonyl (C=O) groups excluding carboxylic acids is 2. The Balaban J connectivity index is 2.38. The van der Waals surface area contributed by atoms with E-state index in [1.54, 1.807) is 24.3 Å². The van der Waals surface area contributed by atoms with Crippen LogP contribution in [-0.4, -0.2) is 16.8 Å². The van der Waals surface area contributed by atoms with Crippen molar-refractivity contribution in [3.05, 3.63) is 47.0 Å². The lowest BCUT2D eigenvalue weighted by atomic mass is 10.2. The largest absolute Gasteiger partial charge is 0.274 e. The van der Waals surface area contributed by atoms with Gasteiger partial charge in [-0.2, -0.15) is 0 Å². The molecule has 92 valence electrons. The highest BCUT2D eigenvalue weighted by Crippen LogP contribution is 2.22. The maximum Gasteiger partial charge on any atom is 0.266 e. The van der Waals surface area contributed by atoms with Crippen molar-refractivity contribution < 1.29 is 9.59 Å². The molecular weight excluding hydrogens is 248 g/mol. The molecule has 0 fully saturated rings. The van der Waals surface area contributed by atoms with Crippen molar-refractivity contribution in [3.8, 4) is 0 Å². The van der Waals surface area contributed by atoms with Crippen LogP contribution < -0.4 is 4.90 Å². The molecule has 1 aromatic heterocycles. The Labute approximate surface area is 109 Å². The molecule has 0 atom stereocenters. The van der Waals surface area contributed by atoms with Crippen LogP contribution in [0.25, 0.3) is 0 Å². The van der Waals surface area contributed by atoms with Crippen LogP contribution >= 0.6 is 11.3 Å². The van der Waals surface area contributed by atoms with Crippen molar-refractivity contribution in [1.82, 2.24) is 4.98 Å². The molecule has 18 heavy (non-hydrogen) atoms. The molecule has 0 saturated heterocycles. The molecule has 2 rings (SSSR count). The number of hydrogen-bond donors (Lipinski definition) is 0. The Kier molecular flexibility index (Phi) is 3.53. The van der Waals surface area contributed by atoms with Crippen molar-refractivity contribution in [3.63, 3.8) is 0 Å². The highest BCUT2D eigenvalue weighted by atomic mass is 32.1. The number of thiazole rings is 1. The van der Waals surface area contributed by atoms with Crippen molar-refractivity contribution in [2.24, 2.45) is 0 Å². The fraction of sp³-hybridized carbons (Fsp3) is 0.154. The third-order valence-electron chi connectivity index (χ3n) is 2.34. The second kappa shape index (κ2) is 5.10. The maximum atomic E-state index is 12.3. The van der Waals surface area contributed by atoms with Crippen LogP contribution in [0.4, 0.5) is 5.13 Å². The van der Waals surface area contributed by atoms with Crippen LogP contribution in [0.5, 0.6) is 0 Å². The van der Waals surface area contributed by atoms with Gasteiger partial charge in [-0.05, 0) is 19.1 Å². The second-order valence-electron chi connectivity index (χ2n) is 3.80. The zero-order valence-corrected chi connectivity index (χ0v) is 10.9. The Morgan fingerprint density at radius 3 is 2.39 bits per heavy atom. The highest BCUT2D eigenvalue weighted by Gasteiger charge is 2.23. The summed E-state index contributed by atoms with van der Waals surface area (Å²) in [6, 6.07) is 8.71. The van der Waals surface area contributed by atoms with Gasteiger partial charge in [-0.15, -0.1) is 11.3 Å².